The first kappa shape index (κ1) is 16.8. The van der Waals surface area contributed by atoms with E-state index in [9.17, 15) is 4.79 Å². The van der Waals surface area contributed by atoms with Gasteiger partial charge in [-0.3, -0.25) is 4.79 Å². The molecular weight excluding hydrogens is 276 g/mol. The molecule has 1 heterocycles. The molecule has 0 unspecified atom stereocenters. The van der Waals surface area contributed by atoms with Gasteiger partial charge in [-0.1, -0.05) is 6.07 Å². The van der Waals surface area contributed by atoms with Crippen LogP contribution in [0.4, 0.5) is 5.69 Å². The summed E-state index contributed by atoms with van der Waals surface area (Å²) in [6.07, 6.45) is 2.79. The zero-order valence-electron chi connectivity index (χ0n) is 11.9. The van der Waals surface area contributed by atoms with Gasteiger partial charge in [-0.15, -0.1) is 12.4 Å². The van der Waals surface area contributed by atoms with E-state index < -0.39 is 0 Å². The summed E-state index contributed by atoms with van der Waals surface area (Å²) in [4.78, 5) is 12.0. The van der Waals surface area contributed by atoms with E-state index >= 15 is 0 Å². The predicted octanol–water partition coefficient (Wildman–Crippen LogP) is 2.84. The van der Waals surface area contributed by atoms with Crippen molar-refractivity contribution < 1.29 is 9.53 Å². The minimum atomic E-state index is 0. The second kappa shape index (κ2) is 8.82. The van der Waals surface area contributed by atoms with Crippen molar-refractivity contribution in [2.24, 2.45) is 5.92 Å². The minimum absolute atomic E-state index is 0. The van der Waals surface area contributed by atoms with Crippen LogP contribution in [0.1, 0.15) is 26.2 Å². The third-order valence-corrected chi connectivity index (χ3v) is 3.36. The first-order valence-corrected chi connectivity index (χ1v) is 7.01. The molecule has 2 rings (SSSR count). The lowest BCUT2D eigenvalue weighted by atomic mass is 9.94. The molecule has 0 atom stereocenters. The number of carbonyl (C=O) groups is 1. The van der Waals surface area contributed by atoms with Crippen molar-refractivity contribution >= 4 is 24.0 Å². The third-order valence-electron chi connectivity index (χ3n) is 3.36. The lowest BCUT2D eigenvalue weighted by molar-refractivity contribution is -0.117. The van der Waals surface area contributed by atoms with Crippen molar-refractivity contribution in [2.45, 2.75) is 26.2 Å². The number of rotatable bonds is 5. The van der Waals surface area contributed by atoms with Gasteiger partial charge in [-0.25, -0.2) is 0 Å². The van der Waals surface area contributed by atoms with Crippen LogP contribution in [0.5, 0.6) is 5.75 Å². The standard InChI is InChI=1S/C15H22N2O2.ClH/c1-2-19-14-5-3-4-13(11-14)17-15(18)10-12-6-8-16-9-7-12;/h3-5,11-12,16H,2,6-10H2,1H3,(H,17,18);1H. The van der Waals surface area contributed by atoms with Crippen molar-refractivity contribution in [2.75, 3.05) is 25.0 Å². The van der Waals surface area contributed by atoms with E-state index in [4.69, 9.17) is 4.74 Å². The fourth-order valence-electron chi connectivity index (χ4n) is 2.39. The fourth-order valence-corrected chi connectivity index (χ4v) is 2.39. The Labute approximate surface area is 126 Å². The lowest BCUT2D eigenvalue weighted by Crippen LogP contribution is -2.30. The van der Waals surface area contributed by atoms with Gasteiger partial charge in [0.2, 0.25) is 5.91 Å². The second-order valence-electron chi connectivity index (χ2n) is 4.91. The molecule has 0 bridgehead atoms. The molecule has 1 aliphatic heterocycles. The van der Waals surface area contributed by atoms with Gasteiger partial charge in [0, 0.05) is 18.2 Å². The third kappa shape index (κ3) is 5.39. The van der Waals surface area contributed by atoms with E-state index in [1.54, 1.807) is 0 Å². The highest BCUT2D eigenvalue weighted by Crippen LogP contribution is 2.20. The van der Waals surface area contributed by atoms with E-state index in [1.165, 1.54) is 0 Å². The van der Waals surface area contributed by atoms with Crippen molar-refractivity contribution in [1.82, 2.24) is 5.32 Å². The largest absolute Gasteiger partial charge is 0.494 e. The Kier molecular flexibility index (Phi) is 7.41. The lowest BCUT2D eigenvalue weighted by Gasteiger charge is -2.21. The summed E-state index contributed by atoms with van der Waals surface area (Å²) in [5.74, 6) is 1.40. The number of amides is 1. The molecule has 5 heteroatoms. The molecule has 20 heavy (non-hydrogen) atoms. The maximum absolute atomic E-state index is 12.0. The first-order valence-electron chi connectivity index (χ1n) is 7.01. The summed E-state index contributed by atoms with van der Waals surface area (Å²) < 4.78 is 5.42. The second-order valence-corrected chi connectivity index (χ2v) is 4.91. The SMILES string of the molecule is CCOc1cccc(NC(=O)CC2CCNCC2)c1.Cl. The molecule has 1 saturated heterocycles. The van der Waals surface area contributed by atoms with Gasteiger partial charge in [-0.05, 0) is 50.9 Å². The molecule has 2 N–H and O–H groups in total. The van der Waals surface area contributed by atoms with Gasteiger partial charge < -0.3 is 15.4 Å². The van der Waals surface area contributed by atoms with Crippen LogP contribution in [0.2, 0.25) is 0 Å². The number of halogens is 1. The molecule has 0 spiro atoms. The molecule has 0 aliphatic carbocycles. The Hall–Kier alpha value is -1.26. The first-order chi connectivity index (χ1) is 9.28. The predicted molar refractivity (Wildman–Crippen MR) is 83.7 cm³/mol. The molecule has 1 aliphatic rings. The monoisotopic (exact) mass is 298 g/mol. The number of piperidine rings is 1. The Balaban J connectivity index is 0.00000200. The molecule has 4 nitrogen and oxygen atoms in total. The molecule has 1 amide bonds. The van der Waals surface area contributed by atoms with E-state index in [2.05, 4.69) is 10.6 Å². The number of carbonyl (C=O) groups excluding carboxylic acids is 1. The molecule has 1 fully saturated rings. The maximum atomic E-state index is 12.0. The van der Waals surface area contributed by atoms with Gasteiger partial charge in [-0.2, -0.15) is 0 Å². The van der Waals surface area contributed by atoms with E-state index in [0.29, 0.717) is 18.9 Å². The average Bonchev–Trinajstić information content (AvgIpc) is 2.40. The van der Waals surface area contributed by atoms with Crippen LogP contribution in [-0.4, -0.2) is 25.6 Å². The average molecular weight is 299 g/mol. The normalized spacial score (nSPS) is 15.2. The molecule has 112 valence electrons. The quantitative estimate of drug-likeness (QED) is 0.879. The highest BCUT2D eigenvalue weighted by atomic mass is 35.5. The summed E-state index contributed by atoms with van der Waals surface area (Å²) in [5.41, 5.74) is 0.810. The molecular formula is C15H23ClN2O2. The minimum Gasteiger partial charge on any atom is -0.494 e. The Morgan fingerprint density at radius 3 is 2.85 bits per heavy atom. The summed E-state index contributed by atoms with van der Waals surface area (Å²) in [5, 5.41) is 6.26. The topological polar surface area (TPSA) is 50.4 Å². The molecule has 0 radical (unpaired) electrons. The molecule has 1 aromatic rings. The van der Waals surface area contributed by atoms with Crippen LogP contribution >= 0.6 is 12.4 Å². The van der Waals surface area contributed by atoms with Crippen molar-refractivity contribution in [3.63, 3.8) is 0 Å². The Morgan fingerprint density at radius 1 is 1.40 bits per heavy atom. The summed E-state index contributed by atoms with van der Waals surface area (Å²) >= 11 is 0. The van der Waals surface area contributed by atoms with Gasteiger partial charge in [0.1, 0.15) is 5.75 Å². The van der Waals surface area contributed by atoms with Crippen LogP contribution in [0.25, 0.3) is 0 Å². The molecule has 1 aromatic carbocycles. The molecule has 0 aromatic heterocycles. The zero-order valence-corrected chi connectivity index (χ0v) is 12.7. The van der Waals surface area contributed by atoms with Crippen LogP contribution in [0.15, 0.2) is 24.3 Å². The van der Waals surface area contributed by atoms with Crippen molar-refractivity contribution in [3.8, 4) is 5.75 Å². The number of hydrogen-bond donors (Lipinski definition) is 2. The molecule has 0 saturated carbocycles. The van der Waals surface area contributed by atoms with Crippen LogP contribution in [0.3, 0.4) is 0 Å². The van der Waals surface area contributed by atoms with Gasteiger partial charge in [0.25, 0.3) is 0 Å². The summed E-state index contributed by atoms with van der Waals surface area (Å²) in [6.45, 7) is 4.63. The van der Waals surface area contributed by atoms with E-state index in [0.717, 1.165) is 37.4 Å². The van der Waals surface area contributed by atoms with Crippen molar-refractivity contribution in [3.05, 3.63) is 24.3 Å². The Morgan fingerprint density at radius 2 is 2.15 bits per heavy atom. The van der Waals surface area contributed by atoms with Crippen LogP contribution in [0, 0.1) is 5.92 Å². The van der Waals surface area contributed by atoms with Crippen LogP contribution < -0.4 is 15.4 Å². The van der Waals surface area contributed by atoms with Crippen molar-refractivity contribution in [1.29, 1.82) is 0 Å². The number of hydrogen-bond acceptors (Lipinski definition) is 3. The van der Waals surface area contributed by atoms with Gasteiger partial charge in [0.05, 0.1) is 6.61 Å². The van der Waals surface area contributed by atoms with Crippen LogP contribution in [-0.2, 0) is 4.79 Å². The number of nitrogens with one attached hydrogen (secondary N) is 2. The number of benzene rings is 1. The Bertz CT molecular complexity index is 420. The van der Waals surface area contributed by atoms with Gasteiger partial charge >= 0.3 is 0 Å². The zero-order chi connectivity index (χ0) is 13.5. The highest BCUT2D eigenvalue weighted by Gasteiger charge is 2.16. The highest BCUT2D eigenvalue weighted by molar-refractivity contribution is 5.91. The summed E-state index contributed by atoms with van der Waals surface area (Å²) in [6, 6.07) is 7.55. The van der Waals surface area contributed by atoms with E-state index in [1.807, 2.05) is 31.2 Å². The number of ether oxygens (including phenoxy) is 1. The summed E-state index contributed by atoms with van der Waals surface area (Å²) in [7, 11) is 0. The fraction of sp³-hybridized carbons (Fsp3) is 0.533. The maximum Gasteiger partial charge on any atom is 0.224 e. The van der Waals surface area contributed by atoms with Gasteiger partial charge in [0.15, 0.2) is 0 Å². The number of anilines is 1. The van der Waals surface area contributed by atoms with E-state index in [-0.39, 0.29) is 18.3 Å². The smallest absolute Gasteiger partial charge is 0.224 e.